The van der Waals surface area contributed by atoms with Crippen molar-refractivity contribution < 1.29 is 9.15 Å². The van der Waals surface area contributed by atoms with Crippen molar-refractivity contribution in [3.05, 3.63) is 84.3 Å². The fourth-order valence-corrected chi connectivity index (χ4v) is 3.51. The van der Waals surface area contributed by atoms with Gasteiger partial charge in [0, 0.05) is 17.4 Å². The predicted molar refractivity (Wildman–Crippen MR) is 109 cm³/mol. The van der Waals surface area contributed by atoms with Crippen LogP contribution in [0.4, 0.5) is 0 Å². The van der Waals surface area contributed by atoms with Crippen LogP contribution in [0.2, 0.25) is 0 Å². The van der Waals surface area contributed by atoms with Crippen LogP contribution in [-0.2, 0) is 0 Å². The van der Waals surface area contributed by atoms with Crippen molar-refractivity contribution in [3.8, 4) is 17.2 Å². The van der Waals surface area contributed by atoms with Crippen LogP contribution in [0.5, 0.6) is 5.75 Å². The largest absolute Gasteiger partial charge is 0.491 e. The Labute approximate surface area is 160 Å². The molecule has 0 aliphatic heterocycles. The molecule has 0 saturated carbocycles. The van der Waals surface area contributed by atoms with E-state index in [4.69, 9.17) is 14.1 Å². The lowest BCUT2D eigenvalue weighted by Crippen LogP contribution is -2.05. The van der Waals surface area contributed by atoms with E-state index in [-0.39, 0.29) is 17.9 Å². The van der Waals surface area contributed by atoms with Crippen molar-refractivity contribution in [1.29, 1.82) is 0 Å². The van der Waals surface area contributed by atoms with E-state index in [9.17, 15) is 0 Å². The Morgan fingerprint density at radius 3 is 2.19 bits per heavy atom. The molecule has 2 aromatic rings. The van der Waals surface area contributed by atoms with E-state index < -0.39 is 0 Å². The highest BCUT2D eigenvalue weighted by atomic mass is 16.5. The smallest absolute Gasteiger partial charge is 0.226 e. The summed E-state index contributed by atoms with van der Waals surface area (Å²) in [4.78, 5) is 4.92. The van der Waals surface area contributed by atoms with E-state index in [1.807, 2.05) is 38.1 Å². The molecule has 3 nitrogen and oxygen atoms in total. The molecule has 0 bridgehead atoms. The summed E-state index contributed by atoms with van der Waals surface area (Å²) in [6, 6.07) is 7.99. The zero-order chi connectivity index (χ0) is 18.6. The lowest BCUT2D eigenvalue weighted by molar-refractivity contribution is 0.242. The number of rotatable bonds is 5. The second kappa shape index (κ2) is 7.83. The van der Waals surface area contributed by atoms with Gasteiger partial charge in [0.25, 0.3) is 0 Å². The van der Waals surface area contributed by atoms with Gasteiger partial charge in [0.15, 0.2) is 0 Å². The Morgan fingerprint density at radius 1 is 0.926 bits per heavy atom. The molecule has 0 N–H and O–H groups in total. The SMILES string of the molecule is CC(C)Oc1ccc(-c2nc(C3C=CC=CC3)c(C3C=CC=CC3)o2)cc1. The summed E-state index contributed by atoms with van der Waals surface area (Å²) < 4.78 is 12.1. The molecule has 0 spiro atoms. The number of oxazole rings is 1. The third kappa shape index (κ3) is 3.97. The number of nitrogens with zero attached hydrogens (tertiary/aromatic N) is 1. The molecule has 1 aromatic carbocycles. The van der Waals surface area contributed by atoms with E-state index in [0.29, 0.717) is 5.89 Å². The average Bonchev–Trinajstić information content (AvgIpc) is 3.15. The summed E-state index contributed by atoms with van der Waals surface area (Å²) in [5, 5.41) is 0. The van der Waals surface area contributed by atoms with Crippen molar-refractivity contribution in [2.24, 2.45) is 0 Å². The first-order chi connectivity index (χ1) is 13.2. The highest BCUT2D eigenvalue weighted by Crippen LogP contribution is 2.37. The van der Waals surface area contributed by atoms with Gasteiger partial charge in [-0.15, -0.1) is 0 Å². The Balaban J connectivity index is 1.68. The van der Waals surface area contributed by atoms with Gasteiger partial charge in [-0.2, -0.15) is 0 Å². The molecule has 2 atom stereocenters. The molecular weight excluding hydrogens is 334 g/mol. The van der Waals surface area contributed by atoms with Gasteiger partial charge in [0.05, 0.1) is 11.8 Å². The van der Waals surface area contributed by atoms with Crippen molar-refractivity contribution >= 4 is 0 Å². The third-order valence-corrected chi connectivity index (χ3v) is 4.80. The summed E-state index contributed by atoms with van der Waals surface area (Å²) >= 11 is 0. The molecule has 2 unspecified atom stereocenters. The molecular formula is C24H25NO2. The van der Waals surface area contributed by atoms with Gasteiger partial charge in [-0.25, -0.2) is 4.98 Å². The highest BCUT2D eigenvalue weighted by molar-refractivity contribution is 5.56. The van der Waals surface area contributed by atoms with Crippen LogP contribution in [0.25, 0.3) is 11.5 Å². The number of hydrogen-bond acceptors (Lipinski definition) is 3. The summed E-state index contributed by atoms with van der Waals surface area (Å²) in [5.41, 5.74) is 2.03. The molecule has 27 heavy (non-hydrogen) atoms. The molecule has 0 fully saturated rings. The Kier molecular flexibility index (Phi) is 5.10. The fraction of sp³-hybridized carbons (Fsp3) is 0.292. The maximum absolute atomic E-state index is 6.32. The molecule has 1 heterocycles. The minimum Gasteiger partial charge on any atom is -0.491 e. The highest BCUT2D eigenvalue weighted by Gasteiger charge is 2.26. The Hall–Kier alpha value is -2.81. The summed E-state index contributed by atoms with van der Waals surface area (Å²) in [6.07, 6.45) is 19.2. The topological polar surface area (TPSA) is 35.3 Å². The number of ether oxygens (including phenoxy) is 1. The fourth-order valence-electron chi connectivity index (χ4n) is 3.51. The van der Waals surface area contributed by atoms with Gasteiger partial charge in [0.2, 0.25) is 5.89 Å². The number of benzene rings is 1. The van der Waals surface area contributed by atoms with Crippen molar-refractivity contribution in [2.45, 2.75) is 44.6 Å². The standard InChI is InChI=1S/C24H25NO2/c1-17(2)26-21-15-13-20(14-16-21)24-25-22(18-9-5-3-6-10-18)23(27-24)19-11-7-4-8-12-19/h3-9,11,13-19H,10,12H2,1-2H3. The number of aromatic nitrogens is 1. The Bertz CT molecular complexity index is 849. The first-order valence-electron chi connectivity index (χ1n) is 9.65. The van der Waals surface area contributed by atoms with Gasteiger partial charge in [0.1, 0.15) is 11.5 Å². The minimum atomic E-state index is 0.160. The summed E-state index contributed by atoms with van der Waals surface area (Å²) in [7, 11) is 0. The molecule has 4 rings (SSSR count). The predicted octanol–water partition coefficient (Wildman–Crippen LogP) is 6.33. The van der Waals surface area contributed by atoms with Gasteiger partial charge in [-0.3, -0.25) is 0 Å². The zero-order valence-corrected chi connectivity index (χ0v) is 15.8. The molecule has 138 valence electrons. The van der Waals surface area contributed by atoms with Crippen molar-refractivity contribution in [3.63, 3.8) is 0 Å². The van der Waals surface area contributed by atoms with Crippen LogP contribution >= 0.6 is 0 Å². The maximum atomic E-state index is 6.32. The maximum Gasteiger partial charge on any atom is 0.226 e. The van der Waals surface area contributed by atoms with Crippen molar-refractivity contribution in [2.75, 3.05) is 0 Å². The molecule has 2 aliphatic carbocycles. The number of allylic oxidation sites excluding steroid dienone is 8. The second-order valence-electron chi connectivity index (χ2n) is 7.27. The third-order valence-electron chi connectivity index (χ3n) is 4.80. The van der Waals surface area contributed by atoms with Crippen LogP contribution in [0.3, 0.4) is 0 Å². The van der Waals surface area contributed by atoms with E-state index in [1.54, 1.807) is 0 Å². The molecule has 0 radical (unpaired) electrons. The quantitative estimate of drug-likeness (QED) is 0.626. The van der Waals surface area contributed by atoms with Crippen LogP contribution in [0.15, 0.2) is 77.3 Å². The van der Waals surface area contributed by atoms with Crippen LogP contribution in [0, 0.1) is 0 Å². The van der Waals surface area contributed by atoms with Crippen LogP contribution in [-0.4, -0.2) is 11.1 Å². The molecule has 0 amide bonds. The van der Waals surface area contributed by atoms with Crippen LogP contribution < -0.4 is 4.74 Å². The first kappa shape index (κ1) is 17.6. The molecule has 1 aromatic heterocycles. The van der Waals surface area contributed by atoms with Gasteiger partial charge in [-0.1, -0.05) is 48.6 Å². The average molecular weight is 359 g/mol. The first-order valence-corrected chi connectivity index (χ1v) is 9.65. The molecule has 0 saturated heterocycles. The number of hydrogen-bond donors (Lipinski definition) is 0. The normalized spacial score (nSPS) is 21.1. The lowest BCUT2D eigenvalue weighted by Gasteiger charge is -2.16. The van der Waals surface area contributed by atoms with Crippen molar-refractivity contribution in [1.82, 2.24) is 4.98 Å². The summed E-state index contributed by atoms with van der Waals surface area (Å²) in [5.74, 6) is 3.04. The van der Waals surface area contributed by atoms with Gasteiger partial charge in [-0.05, 0) is 51.0 Å². The zero-order valence-electron chi connectivity index (χ0n) is 15.8. The van der Waals surface area contributed by atoms with Gasteiger partial charge < -0.3 is 9.15 Å². The molecule has 3 heteroatoms. The minimum absolute atomic E-state index is 0.160. The van der Waals surface area contributed by atoms with E-state index in [1.165, 1.54) is 0 Å². The van der Waals surface area contributed by atoms with E-state index in [2.05, 4.69) is 48.6 Å². The van der Waals surface area contributed by atoms with E-state index in [0.717, 1.165) is 35.6 Å². The second-order valence-corrected chi connectivity index (χ2v) is 7.27. The van der Waals surface area contributed by atoms with Crippen LogP contribution in [0.1, 0.15) is 50.0 Å². The van der Waals surface area contributed by atoms with E-state index >= 15 is 0 Å². The lowest BCUT2D eigenvalue weighted by atomic mass is 9.90. The molecule has 2 aliphatic rings. The Morgan fingerprint density at radius 2 is 1.59 bits per heavy atom. The van der Waals surface area contributed by atoms with Gasteiger partial charge >= 0.3 is 0 Å². The monoisotopic (exact) mass is 359 g/mol. The summed E-state index contributed by atoms with van der Waals surface area (Å²) in [6.45, 7) is 4.05.